The Morgan fingerprint density at radius 3 is 2.17 bits per heavy atom. The molecule has 0 bridgehead atoms. The van der Waals surface area contributed by atoms with Gasteiger partial charge in [-0.1, -0.05) is 24.3 Å². The maximum absolute atomic E-state index is 14.0. The van der Waals surface area contributed by atoms with Crippen LogP contribution in [-0.4, -0.2) is 41.8 Å². The molecule has 2 aromatic carbocycles. The number of hydrogen-bond donors (Lipinski definition) is 1. The number of anilines is 1. The van der Waals surface area contributed by atoms with E-state index in [2.05, 4.69) is 5.32 Å². The number of carbonyl (C=O) groups is 1. The highest BCUT2D eigenvalue weighted by atomic mass is 32.2. The number of sulfone groups is 1. The predicted molar refractivity (Wildman–Crippen MR) is 114 cm³/mol. The molecule has 30 heavy (non-hydrogen) atoms. The fraction of sp³-hybridized carbons (Fsp3) is 0.350. The molecule has 2 rings (SSSR count). The Morgan fingerprint density at radius 1 is 1.03 bits per heavy atom. The molecule has 10 heteroatoms. The van der Waals surface area contributed by atoms with E-state index in [1.165, 1.54) is 30.3 Å². The zero-order valence-corrected chi connectivity index (χ0v) is 18.6. The summed E-state index contributed by atoms with van der Waals surface area (Å²) in [5.74, 6) is -0.949. The molecular weight excluding hydrogens is 431 g/mol. The van der Waals surface area contributed by atoms with Crippen LogP contribution in [0.2, 0.25) is 0 Å². The van der Waals surface area contributed by atoms with Gasteiger partial charge in [0.1, 0.15) is 5.82 Å². The smallest absolute Gasteiger partial charge is 0.232 e. The summed E-state index contributed by atoms with van der Waals surface area (Å²) in [5.41, 5.74) is 0.680. The largest absolute Gasteiger partial charge is 0.350 e. The topological polar surface area (TPSA) is 101 Å². The molecule has 0 saturated carbocycles. The summed E-state index contributed by atoms with van der Waals surface area (Å²) in [7, 11) is -7.00. The predicted octanol–water partition coefficient (Wildman–Crippen LogP) is 2.65. The number of nitrogens with zero attached hydrogens (tertiary/aromatic N) is 1. The summed E-state index contributed by atoms with van der Waals surface area (Å²) in [4.78, 5) is 12.4. The van der Waals surface area contributed by atoms with Crippen LogP contribution < -0.4 is 9.62 Å². The fourth-order valence-electron chi connectivity index (χ4n) is 2.90. The summed E-state index contributed by atoms with van der Waals surface area (Å²) >= 11 is 0. The minimum Gasteiger partial charge on any atom is -0.350 e. The van der Waals surface area contributed by atoms with Gasteiger partial charge in [0.2, 0.25) is 15.9 Å². The minimum atomic E-state index is -3.71. The van der Waals surface area contributed by atoms with E-state index in [9.17, 15) is 26.0 Å². The highest BCUT2D eigenvalue weighted by Crippen LogP contribution is 2.22. The summed E-state index contributed by atoms with van der Waals surface area (Å²) < 4.78 is 62.1. The molecule has 0 unspecified atom stereocenters. The van der Waals surface area contributed by atoms with Crippen LogP contribution in [0.4, 0.5) is 10.1 Å². The van der Waals surface area contributed by atoms with Crippen molar-refractivity contribution >= 4 is 31.5 Å². The van der Waals surface area contributed by atoms with Crippen LogP contribution in [-0.2, 0) is 24.7 Å². The summed E-state index contributed by atoms with van der Waals surface area (Å²) in [5, 5.41) is 2.79. The second-order valence-corrected chi connectivity index (χ2v) is 10.9. The first-order valence-electron chi connectivity index (χ1n) is 9.21. The van der Waals surface area contributed by atoms with Crippen LogP contribution in [0.3, 0.4) is 0 Å². The van der Waals surface area contributed by atoms with Gasteiger partial charge in [0, 0.05) is 19.2 Å². The molecule has 0 radical (unpaired) electrons. The van der Waals surface area contributed by atoms with Gasteiger partial charge in [-0.3, -0.25) is 9.10 Å². The minimum absolute atomic E-state index is 0.0371. The molecule has 1 N–H and O–H groups in total. The second kappa shape index (κ2) is 9.57. The molecule has 0 spiro atoms. The first-order chi connectivity index (χ1) is 13.9. The van der Waals surface area contributed by atoms with Gasteiger partial charge in [-0.25, -0.2) is 21.2 Å². The zero-order chi connectivity index (χ0) is 22.5. The molecule has 0 aliphatic rings. The van der Waals surface area contributed by atoms with Gasteiger partial charge in [-0.2, -0.15) is 0 Å². The Hall–Kier alpha value is -2.46. The standard InChI is InChI=1S/C20H25FN2O5S2/c1-15(16-10-12-17(13-11-16)29(2,25)26)22-20(24)9-6-14-23(30(3,27)28)19-8-5-4-7-18(19)21/h4-5,7-8,10-13,15H,6,9,14H2,1-3H3,(H,22,24)/t15-/m0/s1. The monoisotopic (exact) mass is 456 g/mol. The SMILES string of the molecule is C[C@H](NC(=O)CCCN(c1ccccc1F)S(C)(=O)=O)c1ccc(S(C)(=O)=O)cc1. The summed E-state index contributed by atoms with van der Waals surface area (Å²) in [6, 6.07) is 11.4. The number of hydrogen-bond acceptors (Lipinski definition) is 5. The molecular formula is C20H25FN2O5S2. The number of amides is 1. The van der Waals surface area contributed by atoms with E-state index in [1.807, 2.05) is 0 Å². The van der Waals surface area contributed by atoms with Crippen molar-refractivity contribution in [3.8, 4) is 0 Å². The maximum atomic E-state index is 14.0. The lowest BCUT2D eigenvalue weighted by Gasteiger charge is -2.23. The molecule has 164 valence electrons. The van der Waals surface area contributed by atoms with Gasteiger partial charge >= 0.3 is 0 Å². The quantitative estimate of drug-likeness (QED) is 0.625. The molecule has 7 nitrogen and oxygen atoms in total. The molecule has 0 heterocycles. The molecule has 0 aromatic heterocycles. The number of para-hydroxylation sites is 1. The molecule has 0 aliphatic carbocycles. The number of rotatable bonds is 9. The van der Waals surface area contributed by atoms with Crippen molar-refractivity contribution < 1.29 is 26.0 Å². The van der Waals surface area contributed by atoms with Crippen LogP contribution in [0.25, 0.3) is 0 Å². The van der Waals surface area contributed by atoms with Gasteiger partial charge in [0.15, 0.2) is 9.84 Å². The number of sulfonamides is 1. The lowest BCUT2D eigenvalue weighted by atomic mass is 10.1. The Labute approximate surface area is 176 Å². The third-order valence-corrected chi connectivity index (χ3v) is 6.78. The van der Waals surface area contributed by atoms with Gasteiger partial charge in [-0.15, -0.1) is 0 Å². The fourth-order valence-corrected chi connectivity index (χ4v) is 4.50. The van der Waals surface area contributed by atoms with Gasteiger partial charge in [0.25, 0.3) is 0 Å². The van der Waals surface area contributed by atoms with Crippen LogP contribution in [0.15, 0.2) is 53.4 Å². The van der Waals surface area contributed by atoms with Crippen LogP contribution in [0.1, 0.15) is 31.4 Å². The van der Waals surface area contributed by atoms with Crippen LogP contribution in [0, 0.1) is 5.82 Å². The third-order valence-electron chi connectivity index (χ3n) is 4.47. The highest BCUT2D eigenvalue weighted by Gasteiger charge is 2.20. The van der Waals surface area contributed by atoms with Crippen LogP contribution >= 0.6 is 0 Å². The average molecular weight is 457 g/mol. The van der Waals surface area contributed by atoms with Gasteiger partial charge in [-0.05, 0) is 43.2 Å². The molecule has 0 saturated heterocycles. The lowest BCUT2D eigenvalue weighted by molar-refractivity contribution is -0.121. The molecule has 0 fully saturated rings. The third kappa shape index (κ3) is 6.53. The Morgan fingerprint density at radius 2 is 1.63 bits per heavy atom. The second-order valence-electron chi connectivity index (χ2n) is 7.02. The first kappa shape index (κ1) is 23.8. The number of benzene rings is 2. The van der Waals surface area contributed by atoms with Crippen molar-refractivity contribution in [1.82, 2.24) is 5.32 Å². The van der Waals surface area contributed by atoms with E-state index in [0.717, 1.165) is 22.4 Å². The Kier molecular flexibility index (Phi) is 7.59. The Bertz CT molecular complexity index is 1100. The van der Waals surface area contributed by atoms with Crippen molar-refractivity contribution in [2.24, 2.45) is 0 Å². The molecule has 1 atom stereocenters. The molecule has 2 aromatic rings. The highest BCUT2D eigenvalue weighted by molar-refractivity contribution is 7.92. The number of halogens is 1. The average Bonchev–Trinajstić information content (AvgIpc) is 2.64. The maximum Gasteiger partial charge on any atom is 0.232 e. The van der Waals surface area contributed by atoms with E-state index in [1.54, 1.807) is 25.1 Å². The molecule has 1 amide bonds. The van der Waals surface area contributed by atoms with Crippen molar-refractivity contribution in [3.05, 3.63) is 59.9 Å². The summed E-state index contributed by atoms with van der Waals surface area (Å²) in [6.45, 7) is 1.72. The Balaban J connectivity index is 1.95. The van der Waals surface area contributed by atoms with E-state index in [-0.39, 0.29) is 41.9 Å². The van der Waals surface area contributed by atoms with Crippen molar-refractivity contribution in [2.45, 2.75) is 30.7 Å². The zero-order valence-electron chi connectivity index (χ0n) is 17.0. The van der Waals surface area contributed by atoms with Crippen LogP contribution in [0.5, 0.6) is 0 Å². The number of nitrogens with one attached hydrogen (secondary N) is 1. The van der Waals surface area contributed by atoms with E-state index in [4.69, 9.17) is 0 Å². The molecule has 0 aliphatic heterocycles. The van der Waals surface area contributed by atoms with Gasteiger partial charge in [0.05, 0.1) is 22.9 Å². The number of carbonyl (C=O) groups excluding carboxylic acids is 1. The first-order valence-corrected chi connectivity index (χ1v) is 12.9. The van der Waals surface area contributed by atoms with Crippen molar-refractivity contribution in [1.29, 1.82) is 0 Å². The normalized spacial score (nSPS) is 12.9. The lowest BCUT2D eigenvalue weighted by Crippen LogP contribution is -2.33. The summed E-state index contributed by atoms with van der Waals surface area (Å²) in [6.07, 6.45) is 2.36. The van der Waals surface area contributed by atoms with E-state index in [0.29, 0.717) is 0 Å². The van der Waals surface area contributed by atoms with E-state index < -0.39 is 25.7 Å². The van der Waals surface area contributed by atoms with Gasteiger partial charge < -0.3 is 5.32 Å². The van der Waals surface area contributed by atoms with Crippen molar-refractivity contribution in [2.75, 3.05) is 23.4 Å². The van der Waals surface area contributed by atoms with Crippen molar-refractivity contribution in [3.63, 3.8) is 0 Å². The van der Waals surface area contributed by atoms with E-state index >= 15 is 0 Å².